The van der Waals surface area contributed by atoms with Crippen molar-refractivity contribution in [3.63, 3.8) is 0 Å². The first-order valence-corrected chi connectivity index (χ1v) is 6.64. The molecule has 0 aliphatic rings. The average Bonchev–Trinajstić information content (AvgIpc) is 2.95. The Morgan fingerprint density at radius 2 is 1.90 bits per heavy atom. The number of para-hydroxylation sites is 1. The van der Waals surface area contributed by atoms with Crippen LogP contribution in [0.3, 0.4) is 0 Å². The minimum atomic E-state index is -0.0396. The van der Waals surface area contributed by atoms with Crippen LogP contribution in [0.15, 0.2) is 53.3 Å². The molecular formula is C16H12N4O. The summed E-state index contributed by atoms with van der Waals surface area (Å²) in [6, 6.07) is 15.0. The Balaban J connectivity index is 1.99. The summed E-state index contributed by atoms with van der Waals surface area (Å²) in [5.74, 6) is 0. The molecule has 5 nitrogen and oxygen atoms in total. The number of aromatic amines is 1. The maximum absolute atomic E-state index is 11.6. The highest BCUT2D eigenvalue weighted by Gasteiger charge is 2.10. The third-order valence-electron chi connectivity index (χ3n) is 3.69. The SMILES string of the molecule is Cn1c(=O)ccc2nc(-c3n[nH]c4ccccc34)ccc21. The van der Waals surface area contributed by atoms with E-state index in [1.54, 1.807) is 17.7 Å². The van der Waals surface area contributed by atoms with Crippen LogP contribution in [0.2, 0.25) is 0 Å². The molecule has 3 aromatic heterocycles. The van der Waals surface area contributed by atoms with Gasteiger partial charge in [0, 0.05) is 18.5 Å². The lowest BCUT2D eigenvalue weighted by Gasteiger charge is -2.05. The Bertz CT molecular complexity index is 1030. The number of nitrogens with zero attached hydrogens (tertiary/aromatic N) is 3. The highest BCUT2D eigenvalue weighted by molar-refractivity contribution is 5.93. The van der Waals surface area contributed by atoms with Crippen LogP contribution in [0.25, 0.3) is 33.3 Å². The van der Waals surface area contributed by atoms with E-state index in [9.17, 15) is 4.79 Å². The van der Waals surface area contributed by atoms with Crippen molar-refractivity contribution in [3.05, 3.63) is 58.9 Å². The molecule has 0 aliphatic carbocycles. The Morgan fingerprint density at radius 1 is 1.05 bits per heavy atom. The number of rotatable bonds is 1. The van der Waals surface area contributed by atoms with Gasteiger partial charge < -0.3 is 4.57 Å². The van der Waals surface area contributed by atoms with Gasteiger partial charge in [0.25, 0.3) is 5.56 Å². The Labute approximate surface area is 119 Å². The standard InChI is InChI=1S/C16H12N4O/c1-20-14-8-6-13(17-12(14)7-9-15(20)21)16-10-4-2-3-5-11(10)18-19-16/h2-9H,1H3,(H,18,19). The van der Waals surface area contributed by atoms with Crippen LogP contribution in [-0.2, 0) is 7.05 Å². The van der Waals surface area contributed by atoms with Crippen LogP contribution in [0, 0.1) is 0 Å². The molecule has 0 atom stereocenters. The van der Waals surface area contributed by atoms with E-state index in [0.717, 1.165) is 33.3 Å². The second kappa shape index (κ2) is 4.28. The van der Waals surface area contributed by atoms with Gasteiger partial charge >= 0.3 is 0 Å². The van der Waals surface area contributed by atoms with Crippen molar-refractivity contribution in [2.24, 2.45) is 7.05 Å². The first kappa shape index (κ1) is 11.8. The van der Waals surface area contributed by atoms with Crippen molar-refractivity contribution in [2.75, 3.05) is 0 Å². The van der Waals surface area contributed by atoms with E-state index in [4.69, 9.17) is 0 Å². The van der Waals surface area contributed by atoms with Gasteiger partial charge in [-0.25, -0.2) is 4.98 Å². The number of hydrogen-bond donors (Lipinski definition) is 1. The second-order valence-electron chi connectivity index (χ2n) is 4.95. The zero-order valence-corrected chi connectivity index (χ0v) is 11.4. The number of fused-ring (bicyclic) bond motifs is 2. The third-order valence-corrected chi connectivity index (χ3v) is 3.69. The topological polar surface area (TPSA) is 63.6 Å². The van der Waals surface area contributed by atoms with Gasteiger partial charge in [-0.05, 0) is 24.3 Å². The van der Waals surface area contributed by atoms with E-state index in [1.165, 1.54) is 6.07 Å². The molecule has 102 valence electrons. The molecule has 4 rings (SSSR count). The summed E-state index contributed by atoms with van der Waals surface area (Å²) in [7, 11) is 1.75. The molecule has 0 amide bonds. The van der Waals surface area contributed by atoms with E-state index in [2.05, 4.69) is 15.2 Å². The fraction of sp³-hybridized carbons (Fsp3) is 0.0625. The molecule has 3 heterocycles. The van der Waals surface area contributed by atoms with Gasteiger partial charge in [-0.15, -0.1) is 0 Å². The molecule has 0 fully saturated rings. The van der Waals surface area contributed by atoms with Crippen molar-refractivity contribution >= 4 is 21.9 Å². The Morgan fingerprint density at radius 3 is 2.81 bits per heavy atom. The van der Waals surface area contributed by atoms with Gasteiger partial charge in [-0.3, -0.25) is 9.89 Å². The first-order valence-electron chi connectivity index (χ1n) is 6.64. The number of benzene rings is 1. The predicted molar refractivity (Wildman–Crippen MR) is 82.1 cm³/mol. The normalized spacial score (nSPS) is 11.3. The number of hydrogen-bond acceptors (Lipinski definition) is 3. The maximum Gasteiger partial charge on any atom is 0.250 e. The molecule has 0 unspecified atom stereocenters. The van der Waals surface area contributed by atoms with Gasteiger partial charge in [-0.1, -0.05) is 18.2 Å². The molecular weight excluding hydrogens is 264 g/mol. The van der Waals surface area contributed by atoms with Crippen LogP contribution >= 0.6 is 0 Å². The van der Waals surface area contributed by atoms with Gasteiger partial charge in [0.15, 0.2) is 0 Å². The van der Waals surface area contributed by atoms with Crippen LogP contribution in [0.5, 0.6) is 0 Å². The first-order chi connectivity index (χ1) is 10.2. The summed E-state index contributed by atoms with van der Waals surface area (Å²) in [6.07, 6.45) is 0. The largest absolute Gasteiger partial charge is 0.310 e. The quantitative estimate of drug-likeness (QED) is 0.581. The van der Waals surface area contributed by atoms with E-state index < -0.39 is 0 Å². The molecule has 0 radical (unpaired) electrons. The van der Waals surface area contributed by atoms with Crippen LogP contribution < -0.4 is 5.56 Å². The highest BCUT2D eigenvalue weighted by atomic mass is 16.1. The highest BCUT2D eigenvalue weighted by Crippen LogP contribution is 2.25. The summed E-state index contributed by atoms with van der Waals surface area (Å²) >= 11 is 0. The molecule has 1 aromatic carbocycles. The van der Waals surface area contributed by atoms with Crippen molar-refractivity contribution in [2.45, 2.75) is 0 Å². The van der Waals surface area contributed by atoms with Gasteiger partial charge in [0.05, 0.1) is 22.2 Å². The number of nitrogens with one attached hydrogen (secondary N) is 1. The van der Waals surface area contributed by atoms with Gasteiger partial charge in [0.2, 0.25) is 0 Å². The van der Waals surface area contributed by atoms with Crippen LogP contribution in [-0.4, -0.2) is 19.7 Å². The summed E-state index contributed by atoms with van der Waals surface area (Å²) in [5, 5.41) is 8.40. The summed E-state index contributed by atoms with van der Waals surface area (Å²) < 4.78 is 1.59. The lowest BCUT2D eigenvalue weighted by Crippen LogP contribution is -2.15. The van der Waals surface area contributed by atoms with Crippen molar-refractivity contribution < 1.29 is 0 Å². The number of H-pyrrole nitrogens is 1. The average molecular weight is 276 g/mol. The molecule has 0 bridgehead atoms. The molecule has 4 aromatic rings. The smallest absolute Gasteiger partial charge is 0.250 e. The van der Waals surface area contributed by atoms with Gasteiger partial charge in [0.1, 0.15) is 5.69 Å². The zero-order valence-electron chi connectivity index (χ0n) is 11.4. The van der Waals surface area contributed by atoms with Crippen LogP contribution in [0.4, 0.5) is 0 Å². The number of pyridine rings is 2. The predicted octanol–water partition coefficient (Wildman–Crippen LogP) is 2.48. The lowest BCUT2D eigenvalue weighted by molar-refractivity contribution is 0.903. The molecule has 0 spiro atoms. The summed E-state index contributed by atoms with van der Waals surface area (Å²) in [4.78, 5) is 16.3. The van der Waals surface area contributed by atoms with Gasteiger partial charge in [-0.2, -0.15) is 5.10 Å². The number of aromatic nitrogens is 4. The Kier molecular flexibility index (Phi) is 2.41. The third kappa shape index (κ3) is 1.74. The Hall–Kier alpha value is -2.95. The van der Waals surface area contributed by atoms with Crippen molar-refractivity contribution in [3.8, 4) is 11.4 Å². The second-order valence-corrected chi connectivity index (χ2v) is 4.95. The maximum atomic E-state index is 11.6. The van der Waals surface area contributed by atoms with Crippen molar-refractivity contribution in [1.82, 2.24) is 19.7 Å². The monoisotopic (exact) mass is 276 g/mol. The molecule has 1 N–H and O–H groups in total. The molecule has 0 saturated carbocycles. The van der Waals surface area contributed by atoms with Crippen molar-refractivity contribution in [1.29, 1.82) is 0 Å². The minimum absolute atomic E-state index is 0.0396. The van der Waals surface area contributed by atoms with E-state index >= 15 is 0 Å². The van der Waals surface area contributed by atoms with E-state index in [1.807, 2.05) is 36.4 Å². The zero-order chi connectivity index (χ0) is 14.4. The summed E-state index contributed by atoms with van der Waals surface area (Å²) in [5.41, 5.74) is 4.14. The summed E-state index contributed by atoms with van der Waals surface area (Å²) in [6.45, 7) is 0. The molecule has 21 heavy (non-hydrogen) atoms. The fourth-order valence-corrected chi connectivity index (χ4v) is 2.55. The van der Waals surface area contributed by atoms with E-state index in [-0.39, 0.29) is 5.56 Å². The van der Waals surface area contributed by atoms with E-state index in [0.29, 0.717) is 0 Å². The fourth-order valence-electron chi connectivity index (χ4n) is 2.55. The molecule has 5 heteroatoms. The number of aryl methyl sites for hydroxylation is 1. The lowest BCUT2D eigenvalue weighted by atomic mass is 10.1. The molecule has 0 saturated heterocycles. The van der Waals surface area contributed by atoms with Crippen LogP contribution in [0.1, 0.15) is 0 Å². The minimum Gasteiger partial charge on any atom is -0.310 e. The molecule has 0 aliphatic heterocycles.